The van der Waals surface area contributed by atoms with E-state index in [9.17, 15) is 29.2 Å². The van der Waals surface area contributed by atoms with Gasteiger partial charge in [0, 0.05) is 45.4 Å². The van der Waals surface area contributed by atoms with Crippen molar-refractivity contribution in [2.75, 3.05) is 54.8 Å². The number of rotatable bonds is 14. The van der Waals surface area contributed by atoms with Crippen molar-refractivity contribution in [2.45, 2.75) is 321 Å². The van der Waals surface area contributed by atoms with E-state index in [4.69, 9.17) is 58.4 Å². The minimum Gasteiger partial charge on any atom is -0.504 e. The first-order valence-corrected chi connectivity index (χ1v) is 57.9. The van der Waals surface area contributed by atoms with Gasteiger partial charge in [-0.15, -0.1) is 20.4 Å². The Kier molecular flexibility index (Phi) is 35.8. The summed E-state index contributed by atoms with van der Waals surface area (Å²) in [6.07, 6.45) is 11.0. The normalized spacial score (nSPS) is 18.2. The van der Waals surface area contributed by atoms with E-state index in [1.165, 1.54) is 50.8 Å². The number of hydrogen-bond acceptors (Lipinski definition) is 25. The molecule has 34 heteroatoms. The van der Waals surface area contributed by atoms with Gasteiger partial charge in [-0.1, -0.05) is 175 Å². The molecular weight excluding hydrogens is 2030 g/mol. The number of ether oxygens (including phenoxy) is 10. The molecule has 0 fully saturated rings. The fourth-order valence-electron chi connectivity index (χ4n) is 23.6. The second kappa shape index (κ2) is 45.7. The van der Waals surface area contributed by atoms with Gasteiger partial charge in [-0.25, -0.2) is 8.42 Å². The Morgan fingerprint density at radius 2 is 0.651 bits per heavy atom. The van der Waals surface area contributed by atoms with Crippen LogP contribution in [0.4, 0.5) is 0 Å². The summed E-state index contributed by atoms with van der Waals surface area (Å²) in [5, 5.41) is 79.8. The molecule has 0 saturated carbocycles. The number of phenols is 2. The number of nitrogens with zero attached hydrogens (tertiary/aromatic N) is 14. The summed E-state index contributed by atoms with van der Waals surface area (Å²) in [6.45, 7) is 64.9. The van der Waals surface area contributed by atoms with Crippen molar-refractivity contribution >= 4 is 36.4 Å². The van der Waals surface area contributed by atoms with Gasteiger partial charge in [0.1, 0.15) is 23.3 Å². The van der Waals surface area contributed by atoms with Crippen LogP contribution in [0.25, 0.3) is 43.7 Å². The van der Waals surface area contributed by atoms with Gasteiger partial charge in [-0.2, -0.15) is 21.0 Å². The number of hydrogen-bond donors (Lipinski definition) is 5. The number of unbranched alkanes of at least 4 members (excludes halogenated alkanes) is 2. The number of tetrazole rings is 2. The van der Waals surface area contributed by atoms with E-state index in [0.717, 1.165) is 165 Å². The first kappa shape index (κ1) is 117. The van der Waals surface area contributed by atoms with Crippen molar-refractivity contribution in [3.63, 3.8) is 0 Å². The van der Waals surface area contributed by atoms with Gasteiger partial charge in [0.15, 0.2) is 118 Å². The lowest BCUT2D eigenvalue weighted by atomic mass is 9.72. The van der Waals surface area contributed by atoms with Crippen LogP contribution in [0, 0.1) is 78.1 Å². The monoisotopic (exact) mass is 2180 g/mol. The summed E-state index contributed by atoms with van der Waals surface area (Å²) in [5.74, 6) is 10.9. The van der Waals surface area contributed by atoms with Gasteiger partial charge in [-0.05, 0) is 374 Å². The average Bonchev–Trinajstić information content (AvgIpc) is 1.53. The number of aromatic hydroxyl groups is 2. The van der Waals surface area contributed by atoms with Crippen LogP contribution in [-0.4, -0.2) is 115 Å². The number of fused-ring (bicyclic) bond motifs is 18. The summed E-state index contributed by atoms with van der Waals surface area (Å²) in [6, 6.07) is 29.5. The highest BCUT2D eigenvalue weighted by atomic mass is 127. The van der Waals surface area contributed by atoms with E-state index < -0.39 is 14.4 Å². The Morgan fingerprint density at radius 3 is 0.893 bits per heavy atom. The average molecular weight is 2180 g/mol. The fourth-order valence-corrected chi connectivity index (χ4v) is 24.9. The Bertz CT molecular complexity index is 6940. The number of azide groups is 2. The number of H-pyrrole nitrogens is 2. The quantitative estimate of drug-likeness (QED) is 0.0128. The Morgan fingerprint density at radius 1 is 0.409 bits per heavy atom. The molecule has 0 amide bonds. The number of halogens is 1. The molecule has 0 bridgehead atoms. The third-order valence-electron chi connectivity index (χ3n) is 30.3. The number of phenolic OH excluding ortho intramolecular Hbond substituents is 2. The zero-order valence-corrected chi connectivity index (χ0v) is 97.6. The number of nitrogens with one attached hydrogen (secondary N) is 3. The summed E-state index contributed by atoms with van der Waals surface area (Å²) in [5.41, 5.74) is 38.8. The summed E-state index contributed by atoms with van der Waals surface area (Å²) in [7, 11) is 5.63. The SMILES string of the molecule is CC.CC.CC.CC.CCCCN=[N+]=[N-].CCCCN=[N+]=[N-].CNP(I)S(C)(=O)=O.COc1cc2c(cc1OC)C1(CC2(C)C)CC(C)(C)c2cc3c(cc21)Oc1c(c(C)c(C)c(C)c1-c1nn[nH]n1)O3.COc1cc2c(cc1OC)C1(CC2(C)C)CC(C)(C)c2cc3c(cc21)Oc1c(c(C)c(C)c(C)c1-c1nn[nH]n1)O3.Cc1c(C)c(C#N)c2c(c1C#N)Oc1cc3c(cc1O2)C1(CC(C)(C)c2cc(O)c(O)cc21)CC3(C)C. The topological polar surface area (TPSA) is 433 Å². The van der Waals surface area contributed by atoms with E-state index in [-0.39, 0.29) is 71.7 Å². The molecule has 11 aromatic rings. The van der Waals surface area contributed by atoms with Gasteiger partial charge in [-0.3, -0.25) is 5.09 Å². The van der Waals surface area contributed by atoms with Crippen LogP contribution in [0.3, 0.4) is 0 Å². The molecule has 0 saturated heterocycles. The van der Waals surface area contributed by atoms with Crippen LogP contribution >= 0.6 is 27.0 Å². The molecule has 149 heavy (non-hydrogen) atoms. The maximum atomic E-state index is 10.5. The number of benzene rings is 9. The van der Waals surface area contributed by atoms with Crippen molar-refractivity contribution in [3.8, 4) is 138 Å². The summed E-state index contributed by atoms with van der Waals surface area (Å²) < 4.78 is 83.7. The lowest BCUT2D eigenvalue weighted by Gasteiger charge is -2.31. The molecule has 3 aliphatic heterocycles. The summed E-state index contributed by atoms with van der Waals surface area (Å²) in [4.78, 5) is 4.17. The standard InChI is InChI=1S/2C33H36N4O4.C31H28N2O4.2C4H9N3.C2H7INO2PS.4C2H6/c2*1-16-17(2)27(30-34-36-37-35-30)29-28(18(16)3)40-25-11-20-22(13-26(25)41-29)33(15-32(20,6)7)14-31(4,5)19-10-23(38-8)24(39-9)12-21(19)33;1-15-16(2)18(12-33)28-27(17(15)11-32)36-25-9-20-22(10-26(25)37-28)31(14-30(20,5)6)13-29(3,4)19-7-23(34)24(35)8-21(19)31;2*1-2-3-4-6-7-5;1-4-7(3)8(2,5)6;4*1-2/h2*10-13H,14-15H2,1-9H3,(H,34,35,36,37);7-10,34-35H,13-14H2,1-6H3;2*2-4H2,1H3;4H,1-2H3;4*1-2H3. The molecule has 4 atom stereocenters. The maximum Gasteiger partial charge on any atom is 0.208 e. The lowest BCUT2D eigenvalue weighted by Crippen LogP contribution is -2.27. The minimum absolute atomic E-state index is 0.0516. The molecular formula is C115H149IN17O14PS. The van der Waals surface area contributed by atoms with E-state index in [1.54, 1.807) is 47.6 Å². The third-order valence-corrected chi connectivity index (χ3v) is 41.4. The molecule has 20 rings (SSSR count). The highest BCUT2D eigenvalue weighted by Crippen LogP contribution is 2.71. The van der Waals surface area contributed by atoms with Crippen molar-refractivity contribution in [1.29, 1.82) is 10.5 Å². The predicted molar refractivity (Wildman–Crippen MR) is 598 cm³/mol. The van der Waals surface area contributed by atoms with Crippen LogP contribution in [0.15, 0.2) is 83.0 Å². The number of aromatic nitrogens is 8. The number of nitriles is 2. The smallest absolute Gasteiger partial charge is 0.208 e. The molecule has 31 nitrogen and oxygen atoms in total. The van der Waals surface area contributed by atoms with E-state index >= 15 is 0 Å². The van der Waals surface area contributed by atoms with Crippen LogP contribution in [0.2, 0.25) is 0 Å². The molecule has 0 radical (unpaired) electrons. The highest BCUT2D eigenvalue weighted by molar-refractivity contribution is 14.2. The maximum absolute atomic E-state index is 10.5. The van der Waals surface area contributed by atoms with Gasteiger partial charge < -0.3 is 57.6 Å². The number of methoxy groups -OCH3 is 4. The summed E-state index contributed by atoms with van der Waals surface area (Å²) >= 11 is 1.88. The molecule has 9 aliphatic rings. The third kappa shape index (κ3) is 21.2. The van der Waals surface area contributed by atoms with Crippen molar-refractivity contribution in [1.82, 2.24) is 46.3 Å². The first-order valence-electron chi connectivity index (χ1n) is 51.3. The van der Waals surface area contributed by atoms with Gasteiger partial charge in [0.05, 0.1) is 39.6 Å². The molecule has 2 aromatic heterocycles. The van der Waals surface area contributed by atoms with Crippen LogP contribution in [-0.2, 0) is 58.2 Å². The second-order valence-corrected chi connectivity index (χ2v) is 52.5. The van der Waals surface area contributed by atoms with Crippen molar-refractivity contribution in [3.05, 3.63) is 216 Å². The molecule has 3 spiro atoms. The Balaban J connectivity index is 0.000000186. The van der Waals surface area contributed by atoms with Crippen LogP contribution in [0.5, 0.6) is 103 Å². The van der Waals surface area contributed by atoms with E-state index in [1.807, 2.05) is 103 Å². The highest BCUT2D eigenvalue weighted by Gasteiger charge is 2.61. The molecule has 9 aromatic carbocycles. The molecule has 796 valence electrons. The molecule has 5 N–H and O–H groups in total. The molecule has 6 aliphatic carbocycles. The molecule has 5 heterocycles. The lowest BCUT2D eigenvalue weighted by molar-refractivity contribution is 0.347. The van der Waals surface area contributed by atoms with Crippen molar-refractivity contribution in [2.24, 2.45) is 10.2 Å². The zero-order chi connectivity index (χ0) is 111. The van der Waals surface area contributed by atoms with E-state index in [2.05, 4.69) is 266 Å². The van der Waals surface area contributed by atoms with Gasteiger partial charge in [0.2, 0.25) is 11.6 Å². The Hall–Kier alpha value is -12.6. The number of aromatic amines is 2. The van der Waals surface area contributed by atoms with Crippen LogP contribution in [0.1, 0.15) is 339 Å². The zero-order valence-electron chi connectivity index (χ0n) is 93.7. The van der Waals surface area contributed by atoms with Gasteiger partial charge in [0.25, 0.3) is 0 Å². The van der Waals surface area contributed by atoms with Crippen molar-refractivity contribution < 1.29 is 66.0 Å². The second-order valence-electron chi connectivity index (χ2n) is 42.1. The van der Waals surface area contributed by atoms with E-state index in [0.29, 0.717) is 93.0 Å². The van der Waals surface area contributed by atoms with Gasteiger partial charge >= 0.3 is 0 Å². The first-order chi connectivity index (χ1) is 70.5. The predicted octanol–water partition coefficient (Wildman–Crippen LogP) is 30.9. The Labute approximate surface area is 893 Å². The molecule has 4 unspecified atom stereocenters. The fraction of sp³-hybridized carbons (Fsp3) is 0.496. The van der Waals surface area contributed by atoms with Crippen LogP contribution < -0.4 is 52.5 Å². The largest absolute Gasteiger partial charge is 0.504 e. The minimum atomic E-state index is -2.81.